The molecular weight excluding hydrogens is 362 g/mol. The molecule has 1 N–H and O–H groups in total. The zero-order valence-corrected chi connectivity index (χ0v) is 16.4. The molecule has 144 valence electrons. The Bertz CT molecular complexity index is 1220. The van der Waals surface area contributed by atoms with Crippen LogP contribution in [0.25, 0.3) is 22.4 Å². The molecule has 0 saturated heterocycles. The van der Waals surface area contributed by atoms with Crippen molar-refractivity contribution in [3.05, 3.63) is 77.0 Å². The Morgan fingerprint density at radius 2 is 1.83 bits per heavy atom. The van der Waals surface area contributed by atoms with Crippen LogP contribution in [-0.4, -0.2) is 16.0 Å². The van der Waals surface area contributed by atoms with Gasteiger partial charge in [0.25, 0.3) is 11.6 Å². The fraction of sp³-hybridized carbons (Fsp3) is 0.208. The van der Waals surface area contributed by atoms with E-state index in [1.54, 1.807) is 0 Å². The summed E-state index contributed by atoms with van der Waals surface area (Å²) in [5.74, 6) is 0.225. The number of para-hydroxylation sites is 1. The number of carbonyl (C=O) groups is 1. The number of hydrogen-bond acceptors (Lipinski definition) is 4. The number of aryl methyl sites for hydroxylation is 2. The zero-order chi connectivity index (χ0) is 20.0. The van der Waals surface area contributed by atoms with E-state index in [9.17, 15) is 4.79 Å². The third kappa shape index (κ3) is 3.29. The van der Waals surface area contributed by atoms with E-state index in [1.807, 2.05) is 68.4 Å². The van der Waals surface area contributed by atoms with Crippen molar-refractivity contribution in [2.24, 2.45) is 0 Å². The topological polar surface area (TPSA) is 68.0 Å². The molecule has 2 heterocycles. The van der Waals surface area contributed by atoms with Crippen LogP contribution >= 0.6 is 0 Å². The van der Waals surface area contributed by atoms with Gasteiger partial charge in [-0.1, -0.05) is 53.2 Å². The molecule has 0 bridgehead atoms. The summed E-state index contributed by atoms with van der Waals surface area (Å²) in [6.07, 6.45) is 2.19. The highest BCUT2D eigenvalue weighted by atomic mass is 16.5. The molecule has 5 nitrogen and oxygen atoms in total. The minimum atomic E-state index is -0.176. The van der Waals surface area contributed by atoms with Gasteiger partial charge in [-0.3, -0.25) is 4.79 Å². The molecular formula is C24H21N3O2. The summed E-state index contributed by atoms with van der Waals surface area (Å²) >= 11 is 0. The van der Waals surface area contributed by atoms with Crippen molar-refractivity contribution in [2.75, 3.05) is 5.32 Å². The van der Waals surface area contributed by atoms with Crippen LogP contribution in [0, 0.1) is 13.8 Å². The second kappa shape index (κ2) is 6.85. The molecule has 1 amide bonds. The summed E-state index contributed by atoms with van der Waals surface area (Å²) in [6.45, 7) is 4.01. The summed E-state index contributed by atoms with van der Waals surface area (Å²) < 4.78 is 5.58. The molecule has 1 saturated carbocycles. The third-order valence-corrected chi connectivity index (χ3v) is 5.42. The lowest BCUT2D eigenvalue weighted by molar-refractivity contribution is 0.102. The number of fused-ring (bicyclic) bond motifs is 1. The van der Waals surface area contributed by atoms with Crippen LogP contribution in [0.1, 0.15) is 45.9 Å². The Balaban J connectivity index is 1.65. The van der Waals surface area contributed by atoms with Crippen molar-refractivity contribution in [1.29, 1.82) is 0 Å². The molecule has 4 aromatic rings. The number of amides is 1. The van der Waals surface area contributed by atoms with Gasteiger partial charge in [-0.25, -0.2) is 4.98 Å². The number of benzene rings is 2. The summed E-state index contributed by atoms with van der Waals surface area (Å²) in [5, 5.41) is 7.97. The number of carbonyl (C=O) groups excluding carboxylic acids is 1. The summed E-state index contributed by atoms with van der Waals surface area (Å²) in [7, 11) is 0. The second-order valence-corrected chi connectivity index (χ2v) is 7.72. The zero-order valence-electron chi connectivity index (χ0n) is 16.4. The van der Waals surface area contributed by atoms with Crippen molar-refractivity contribution in [3.63, 3.8) is 0 Å². The van der Waals surface area contributed by atoms with Gasteiger partial charge in [0.15, 0.2) is 0 Å². The fourth-order valence-corrected chi connectivity index (χ4v) is 3.55. The number of hydrogen-bond donors (Lipinski definition) is 1. The highest BCUT2D eigenvalue weighted by molar-refractivity contribution is 6.14. The molecule has 29 heavy (non-hydrogen) atoms. The van der Waals surface area contributed by atoms with E-state index < -0.39 is 0 Å². The lowest BCUT2D eigenvalue weighted by Crippen LogP contribution is -2.14. The smallest absolute Gasteiger partial charge is 0.259 e. The first-order chi connectivity index (χ1) is 14.1. The molecule has 5 rings (SSSR count). The highest BCUT2D eigenvalue weighted by Gasteiger charge is 2.29. The summed E-state index contributed by atoms with van der Waals surface area (Å²) in [4.78, 5) is 18.0. The highest BCUT2D eigenvalue weighted by Crippen LogP contribution is 2.41. The molecule has 0 radical (unpaired) electrons. The van der Waals surface area contributed by atoms with Gasteiger partial charge in [0.1, 0.15) is 5.69 Å². The van der Waals surface area contributed by atoms with E-state index >= 15 is 0 Å². The van der Waals surface area contributed by atoms with Crippen LogP contribution in [0.15, 0.2) is 59.1 Å². The van der Waals surface area contributed by atoms with Crippen molar-refractivity contribution < 1.29 is 9.32 Å². The van der Waals surface area contributed by atoms with Crippen LogP contribution < -0.4 is 5.32 Å². The molecule has 2 aromatic carbocycles. The predicted molar refractivity (Wildman–Crippen MR) is 113 cm³/mol. The van der Waals surface area contributed by atoms with E-state index in [0.717, 1.165) is 40.9 Å². The van der Waals surface area contributed by atoms with E-state index in [4.69, 9.17) is 4.52 Å². The van der Waals surface area contributed by atoms with Crippen LogP contribution in [0.2, 0.25) is 0 Å². The van der Waals surface area contributed by atoms with E-state index in [2.05, 4.69) is 15.5 Å². The Hall–Kier alpha value is -3.47. The van der Waals surface area contributed by atoms with Gasteiger partial charge in [-0.2, -0.15) is 0 Å². The summed E-state index contributed by atoms with van der Waals surface area (Å²) in [5.41, 5.74) is 6.38. The SMILES string of the molecule is Cc1ccc(-c2noc3nc(C4CC4)cc(C(=O)Nc4ccccc4C)c23)cc1. The maximum Gasteiger partial charge on any atom is 0.259 e. The van der Waals surface area contributed by atoms with E-state index in [-0.39, 0.29) is 5.91 Å². The van der Waals surface area contributed by atoms with Crippen molar-refractivity contribution in [3.8, 4) is 11.3 Å². The van der Waals surface area contributed by atoms with Crippen molar-refractivity contribution in [2.45, 2.75) is 32.6 Å². The minimum Gasteiger partial charge on any atom is -0.335 e. The number of nitrogens with zero attached hydrogens (tertiary/aromatic N) is 2. The Morgan fingerprint density at radius 1 is 1.07 bits per heavy atom. The molecule has 1 aliphatic carbocycles. The second-order valence-electron chi connectivity index (χ2n) is 7.72. The predicted octanol–water partition coefficient (Wildman–Crippen LogP) is 5.64. The van der Waals surface area contributed by atoms with Crippen LogP contribution in [-0.2, 0) is 0 Å². The Labute approximate surface area is 168 Å². The van der Waals surface area contributed by atoms with Gasteiger partial charge < -0.3 is 9.84 Å². The molecule has 1 aliphatic rings. The number of nitrogens with one attached hydrogen (secondary N) is 1. The monoisotopic (exact) mass is 383 g/mol. The number of aromatic nitrogens is 2. The van der Waals surface area contributed by atoms with Gasteiger partial charge in [-0.15, -0.1) is 0 Å². The first kappa shape index (κ1) is 17.6. The fourth-order valence-electron chi connectivity index (χ4n) is 3.55. The largest absolute Gasteiger partial charge is 0.335 e. The normalized spacial score (nSPS) is 13.6. The summed E-state index contributed by atoms with van der Waals surface area (Å²) in [6, 6.07) is 17.7. The molecule has 0 atom stereocenters. The average Bonchev–Trinajstić information content (AvgIpc) is 3.49. The van der Waals surface area contributed by atoms with Crippen molar-refractivity contribution >= 4 is 22.7 Å². The van der Waals surface area contributed by atoms with Gasteiger partial charge in [-0.05, 0) is 44.4 Å². The quantitative estimate of drug-likeness (QED) is 0.495. The number of pyridine rings is 1. The van der Waals surface area contributed by atoms with Crippen LogP contribution in [0.4, 0.5) is 5.69 Å². The standard InChI is InChI=1S/C24H21N3O2/c1-14-7-9-17(10-8-14)22-21-18(23(28)25-19-6-4-3-5-15(19)2)13-20(16-11-12-16)26-24(21)29-27-22/h3-10,13,16H,11-12H2,1-2H3,(H,25,28). The third-order valence-electron chi connectivity index (χ3n) is 5.42. The van der Waals surface area contributed by atoms with E-state index in [1.165, 1.54) is 0 Å². The minimum absolute atomic E-state index is 0.176. The maximum atomic E-state index is 13.3. The molecule has 0 aliphatic heterocycles. The Kier molecular flexibility index (Phi) is 4.16. The average molecular weight is 383 g/mol. The Morgan fingerprint density at radius 3 is 2.55 bits per heavy atom. The first-order valence-corrected chi connectivity index (χ1v) is 9.84. The molecule has 0 unspecified atom stereocenters. The van der Waals surface area contributed by atoms with Gasteiger partial charge in [0, 0.05) is 22.9 Å². The lowest BCUT2D eigenvalue weighted by atomic mass is 10.0. The van der Waals surface area contributed by atoms with E-state index in [0.29, 0.717) is 28.3 Å². The van der Waals surface area contributed by atoms with Gasteiger partial charge >= 0.3 is 0 Å². The lowest BCUT2D eigenvalue weighted by Gasteiger charge is -2.10. The first-order valence-electron chi connectivity index (χ1n) is 9.84. The number of rotatable bonds is 4. The van der Waals surface area contributed by atoms with Crippen LogP contribution in [0.3, 0.4) is 0 Å². The molecule has 0 spiro atoms. The van der Waals surface area contributed by atoms with Gasteiger partial charge in [0.2, 0.25) is 0 Å². The van der Waals surface area contributed by atoms with Crippen LogP contribution in [0.5, 0.6) is 0 Å². The van der Waals surface area contributed by atoms with Crippen molar-refractivity contribution in [1.82, 2.24) is 10.1 Å². The van der Waals surface area contributed by atoms with Gasteiger partial charge in [0.05, 0.1) is 10.9 Å². The molecule has 1 fully saturated rings. The maximum absolute atomic E-state index is 13.3. The number of anilines is 1. The molecule has 5 heteroatoms. The molecule has 2 aromatic heterocycles.